The highest BCUT2D eigenvalue weighted by atomic mass is 32.2. The van der Waals surface area contributed by atoms with E-state index in [0.29, 0.717) is 0 Å². The van der Waals surface area contributed by atoms with Crippen molar-refractivity contribution in [1.82, 2.24) is 0 Å². The van der Waals surface area contributed by atoms with Crippen LogP contribution in [0.3, 0.4) is 0 Å². The molecule has 10 heteroatoms. The summed E-state index contributed by atoms with van der Waals surface area (Å²) in [4.78, 5) is 20.4. The Labute approximate surface area is 113 Å². The number of hydrogen-bond donors (Lipinski definition) is 2. The van der Waals surface area contributed by atoms with Crippen molar-refractivity contribution >= 4 is 36.7 Å². The number of benzene rings is 1. The molecule has 20 heavy (non-hydrogen) atoms. The summed E-state index contributed by atoms with van der Waals surface area (Å²) < 4.78 is 63.0. The molecule has 1 aromatic carbocycles. The molecule has 106 valence electrons. The lowest BCUT2D eigenvalue weighted by molar-refractivity contribution is -0.111. The van der Waals surface area contributed by atoms with Crippen LogP contribution in [-0.2, 0) is 25.0 Å². The predicted octanol–water partition coefficient (Wildman–Crippen LogP) is -0.104. The summed E-state index contributed by atoms with van der Waals surface area (Å²) in [7, 11) is -10.5. The number of carbonyl (C=O) groups excluding carboxylic acids is 2. The number of fused-ring (bicyclic) bond motifs is 1. The standard InChI is InChI=1S/C10H6O8S2/c11-7-5-3-1-2-4-6(5)9(19(13,14)15)10(8(7)12)20(16,17)18/h1-4H,(H,13,14,15)(H,16,17,18). The molecule has 0 radical (unpaired) electrons. The van der Waals surface area contributed by atoms with Crippen molar-refractivity contribution in [3.8, 4) is 0 Å². The summed E-state index contributed by atoms with van der Waals surface area (Å²) in [6.07, 6.45) is 0. The predicted molar refractivity (Wildman–Crippen MR) is 65.8 cm³/mol. The van der Waals surface area contributed by atoms with Gasteiger partial charge in [0.05, 0.1) is 0 Å². The molecule has 8 nitrogen and oxygen atoms in total. The van der Waals surface area contributed by atoms with Gasteiger partial charge in [0, 0.05) is 11.1 Å². The number of ketones is 2. The maximum atomic E-state index is 11.7. The zero-order chi connectivity index (χ0) is 15.3. The first-order valence-electron chi connectivity index (χ1n) is 4.93. The van der Waals surface area contributed by atoms with Gasteiger partial charge in [0.15, 0.2) is 4.91 Å². The van der Waals surface area contributed by atoms with Crippen LogP contribution in [0.15, 0.2) is 29.2 Å². The van der Waals surface area contributed by atoms with Crippen molar-refractivity contribution in [3.63, 3.8) is 0 Å². The first kappa shape index (κ1) is 14.5. The van der Waals surface area contributed by atoms with Crippen LogP contribution in [0.5, 0.6) is 0 Å². The molecule has 0 spiro atoms. The summed E-state index contributed by atoms with van der Waals surface area (Å²) in [6, 6.07) is 4.73. The van der Waals surface area contributed by atoms with Crippen LogP contribution in [0.1, 0.15) is 15.9 Å². The fourth-order valence-electron chi connectivity index (χ4n) is 1.82. The van der Waals surface area contributed by atoms with Crippen molar-refractivity contribution in [2.45, 2.75) is 0 Å². The van der Waals surface area contributed by atoms with E-state index in [4.69, 9.17) is 9.11 Å². The lowest BCUT2D eigenvalue weighted by Gasteiger charge is -2.17. The van der Waals surface area contributed by atoms with Gasteiger partial charge in [-0.2, -0.15) is 16.8 Å². The highest BCUT2D eigenvalue weighted by Gasteiger charge is 2.43. The second kappa shape index (κ2) is 4.31. The molecule has 2 rings (SSSR count). The van der Waals surface area contributed by atoms with Gasteiger partial charge in [0.2, 0.25) is 11.6 Å². The van der Waals surface area contributed by atoms with E-state index in [-0.39, 0.29) is 5.56 Å². The summed E-state index contributed by atoms with van der Waals surface area (Å²) >= 11 is 0. The smallest absolute Gasteiger partial charge is 0.285 e. The molecule has 0 aromatic heterocycles. The monoisotopic (exact) mass is 318 g/mol. The topological polar surface area (TPSA) is 143 Å². The Morgan fingerprint density at radius 2 is 1.15 bits per heavy atom. The van der Waals surface area contributed by atoms with E-state index in [1.54, 1.807) is 0 Å². The van der Waals surface area contributed by atoms with Gasteiger partial charge >= 0.3 is 0 Å². The van der Waals surface area contributed by atoms with Crippen molar-refractivity contribution in [2.24, 2.45) is 0 Å². The van der Waals surface area contributed by atoms with Gasteiger partial charge in [-0.25, -0.2) is 0 Å². The van der Waals surface area contributed by atoms with E-state index in [9.17, 15) is 26.4 Å². The average molecular weight is 318 g/mol. The van der Waals surface area contributed by atoms with Crippen molar-refractivity contribution in [2.75, 3.05) is 0 Å². The van der Waals surface area contributed by atoms with Crippen LogP contribution in [0.25, 0.3) is 4.91 Å². The molecule has 0 saturated heterocycles. The Morgan fingerprint density at radius 3 is 1.60 bits per heavy atom. The van der Waals surface area contributed by atoms with E-state index in [1.165, 1.54) is 12.1 Å². The molecule has 0 aliphatic heterocycles. The maximum absolute atomic E-state index is 11.7. The number of hydrogen-bond acceptors (Lipinski definition) is 6. The molecule has 0 saturated carbocycles. The van der Waals surface area contributed by atoms with Crippen LogP contribution in [-0.4, -0.2) is 37.5 Å². The third kappa shape index (κ3) is 2.18. The van der Waals surface area contributed by atoms with Gasteiger partial charge in [-0.1, -0.05) is 24.3 Å². The zero-order valence-electron chi connectivity index (χ0n) is 9.47. The molecule has 0 atom stereocenters. The van der Waals surface area contributed by atoms with Gasteiger partial charge in [0.25, 0.3) is 20.2 Å². The summed E-state index contributed by atoms with van der Waals surface area (Å²) in [5.74, 6) is -3.01. The molecule has 1 aliphatic carbocycles. The van der Waals surface area contributed by atoms with E-state index in [1.807, 2.05) is 0 Å². The van der Waals surface area contributed by atoms with Crippen LogP contribution in [0.4, 0.5) is 0 Å². The Bertz CT molecular complexity index is 874. The van der Waals surface area contributed by atoms with Crippen molar-refractivity contribution in [3.05, 3.63) is 40.3 Å². The molecular weight excluding hydrogens is 312 g/mol. The first-order valence-corrected chi connectivity index (χ1v) is 7.81. The third-order valence-corrected chi connectivity index (χ3v) is 4.53. The Morgan fingerprint density at radius 1 is 0.700 bits per heavy atom. The van der Waals surface area contributed by atoms with Gasteiger partial charge in [-0.3, -0.25) is 18.7 Å². The van der Waals surface area contributed by atoms with Gasteiger partial charge in [0.1, 0.15) is 4.91 Å². The number of carbonyl (C=O) groups is 2. The molecule has 0 amide bonds. The van der Waals surface area contributed by atoms with Crippen LogP contribution < -0.4 is 0 Å². The summed E-state index contributed by atoms with van der Waals surface area (Å²) in [6.45, 7) is 0. The number of rotatable bonds is 2. The number of Topliss-reactive ketones (excluding diaryl/α,β-unsaturated/α-hetero) is 2. The average Bonchev–Trinajstić information content (AvgIpc) is 2.30. The molecular formula is C10H6O8S2. The van der Waals surface area contributed by atoms with E-state index in [0.717, 1.165) is 12.1 Å². The van der Waals surface area contributed by atoms with Crippen LogP contribution in [0.2, 0.25) is 0 Å². The molecule has 2 N–H and O–H groups in total. The van der Waals surface area contributed by atoms with Crippen molar-refractivity contribution in [1.29, 1.82) is 0 Å². The van der Waals surface area contributed by atoms with E-state index in [2.05, 4.69) is 0 Å². The minimum atomic E-state index is -5.31. The Kier molecular flexibility index (Phi) is 3.13. The second-order valence-electron chi connectivity index (χ2n) is 3.81. The van der Waals surface area contributed by atoms with Crippen molar-refractivity contribution < 1.29 is 35.5 Å². The van der Waals surface area contributed by atoms with Crippen LogP contribution >= 0.6 is 0 Å². The Balaban J connectivity index is 3.08. The molecule has 1 aromatic rings. The van der Waals surface area contributed by atoms with Gasteiger partial charge < -0.3 is 0 Å². The molecule has 0 fully saturated rings. The molecule has 0 unspecified atom stereocenters. The fourth-order valence-corrected chi connectivity index (χ4v) is 3.91. The minimum absolute atomic E-state index is 0.377. The van der Waals surface area contributed by atoms with E-state index < -0.39 is 47.2 Å². The fraction of sp³-hybridized carbons (Fsp3) is 0. The minimum Gasteiger partial charge on any atom is -0.285 e. The summed E-state index contributed by atoms with van der Waals surface area (Å²) in [5, 5.41) is 0. The highest BCUT2D eigenvalue weighted by molar-refractivity contribution is 7.98. The molecule has 0 bridgehead atoms. The quantitative estimate of drug-likeness (QED) is 0.568. The SMILES string of the molecule is O=C1C(=O)c2ccccc2C(S(=O)(=O)O)=C1S(=O)(=O)O. The third-order valence-electron chi connectivity index (χ3n) is 2.55. The summed E-state index contributed by atoms with van der Waals surface area (Å²) in [5.41, 5.74) is -0.843. The van der Waals surface area contributed by atoms with E-state index >= 15 is 0 Å². The normalized spacial score (nSPS) is 16.3. The number of allylic oxidation sites excluding steroid dienone is 1. The van der Waals surface area contributed by atoms with Gasteiger partial charge in [-0.15, -0.1) is 0 Å². The molecule has 1 aliphatic rings. The lowest BCUT2D eigenvalue weighted by Crippen LogP contribution is -2.30. The highest BCUT2D eigenvalue weighted by Crippen LogP contribution is 2.34. The first-order chi connectivity index (χ1) is 9.05. The van der Waals surface area contributed by atoms with Gasteiger partial charge in [-0.05, 0) is 0 Å². The Hall–Kier alpha value is -1.88. The maximum Gasteiger partial charge on any atom is 0.300 e. The largest absolute Gasteiger partial charge is 0.300 e. The molecule has 0 heterocycles. The second-order valence-corrected chi connectivity index (χ2v) is 6.53. The van der Waals surface area contributed by atoms with Crippen LogP contribution in [0, 0.1) is 0 Å². The lowest BCUT2D eigenvalue weighted by atomic mass is 9.95. The zero-order valence-corrected chi connectivity index (χ0v) is 11.1.